The molecule has 0 bridgehead atoms. The Kier molecular flexibility index (Phi) is 3.95. The van der Waals surface area contributed by atoms with Gasteiger partial charge in [-0.05, 0) is 25.0 Å². The molecule has 0 atom stereocenters. The van der Waals surface area contributed by atoms with Crippen LogP contribution in [0.4, 0.5) is 5.69 Å². The van der Waals surface area contributed by atoms with E-state index >= 15 is 0 Å². The molecule has 0 radical (unpaired) electrons. The minimum atomic E-state index is -3.49. The van der Waals surface area contributed by atoms with Gasteiger partial charge in [-0.2, -0.15) is 12.7 Å². The van der Waals surface area contributed by atoms with Crippen LogP contribution in [-0.4, -0.2) is 46.1 Å². The molecule has 21 heavy (non-hydrogen) atoms. The number of methoxy groups -OCH3 is 1. The lowest BCUT2D eigenvalue weighted by molar-refractivity contribution is 0.307. The van der Waals surface area contributed by atoms with Gasteiger partial charge in [-0.3, -0.25) is 4.31 Å². The molecule has 0 saturated carbocycles. The van der Waals surface area contributed by atoms with Crippen LogP contribution in [0.15, 0.2) is 18.2 Å². The highest BCUT2D eigenvalue weighted by molar-refractivity contribution is 7.90. The molecule has 0 amide bonds. The maximum Gasteiger partial charge on any atom is 0.304 e. The molecule has 0 unspecified atom stereocenters. The number of anilines is 1. The fraction of sp³-hybridized carbons (Fsp3) is 0.571. The van der Waals surface area contributed by atoms with E-state index in [1.54, 1.807) is 29.6 Å². The van der Waals surface area contributed by atoms with Crippen molar-refractivity contribution >= 4 is 15.9 Å². The van der Waals surface area contributed by atoms with E-state index in [9.17, 15) is 8.42 Å². The molecular formula is C14H20N2O4S. The summed E-state index contributed by atoms with van der Waals surface area (Å²) in [6.07, 6.45) is 2.95. The van der Waals surface area contributed by atoms with Gasteiger partial charge < -0.3 is 9.47 Å². The van der Waals surface area contributed by atoms with Gasteiger partial charge in [-0.15, -0.1) is 0 Å². The maximum absolute atomic E-state index is 12.9. The number of rotatable bonds is 3. The second-order valence-electron chi connectivity index (χ2n) is 5.22. The fourth-order valence-electron chi connectivity index (χ4n) is 2.77. The number of fused-ring (bicyclic) bond motifs is 1. The Labute approximate surface area is 125 Å². The Morgan fingerprint density at radius 2 is 1.90 bits per heavy atom. The molecule has 0 N–H and O–H groups in total. The van der Waals surface area contributed by atoms with Gasteiger partial charge in [0.15, 0.2) is 0 Å². The van der Waals surface area contributed by atoms with E-state index in [0.29, 0.717) is 43.4 Å². The lowest BCUT2D eigenvalue weighted by Gasteiger charge is -2.36. The molecule has 3 rings (SSSR count). The Balaban J connectivity index is 1.96. The first-order valence-corrected chi connectivity index (χ1v) is 8.61. The highest BCUT2D eigenvalue weighted by Crippen LogP contribution is 2.37. The predicted octanol–water partition coefficient (Wildman–Crippen LogP) is 1.62. The molecule has 6 nitrogen and oxygen atoms in total. The standard InChI is InChI=1S/C14H20N2O4S/c1-19-12-5-6-14-13(11-12)16(9-10-20-14)21(17,18)15-7-3-2-4-8-15/h5-6,11H,2-4,7-10H2,1H3. The smallest absolute Gasteiger partial charge is 0.304 e. The molecular weight excluding hydrogens is 292 g/mol. The number of ether oxygens (including phenoxy) is 2. The molecule has 0 aliphatic carbocycles. The number of piperidine rings is 1. The van der Waals surface area contributed by atoms with Crippen LogP contribution in [0.25, 0.3) is 0 Å². The van der Waals surface area contributed by atoms with E-state index in [-0.39, 0.29) is 0 Å². The topological polar surface area (TPSA) is 59.1 Å². The van der Waals surface area contributed by atoms with Crippen molar-refractivity contribution in [1.82, 2.24) is 4.31 Å². The second kappa shape index (κ2) is 5.73. The molecule has 1 aromatic carbocycles. The third-order valence-electron chi connectivity index (χ3n) is 3.91. The first kappa shape index (κ1) is 14.5. The minimum Gasteiger partial charge on any atom is -0.497 e. The van der Waals surface area contributed by atoms with E-state index < -0.39 is 10.2 Å². The summed E-state index contributed by atoms with van der Waals surface area (Å²) in [6, 6.07) is 5.25. The number of hydrogen-bond acceptors (Lipinski definition) is 4. The molecule has 0 aromatic heterocycles. The third-order valence-corrected chi connectivity index (χ3v) is 5.86. The van der Waals surface area contributed by atoms with Crippen LogP contribution >= 0.6 is 0 Å². The molecule has 2 aliphatic rings. The fourth-order valence-corrected chi connectivity index (χ4v) is 4.47. The van der Waals surface area contributed by atoms with Gasteiger partial charge in [0.2, 0.25) is 0 Å². The molecule has 1 fully saturated rings. The van der Waals surface area contributed by atoms with Crippen LogP contribution in [-0.2, 0) is 10.2 Å². The van der Waals surface area contributed by atoms with E-state index in [0.717, 1.165) is 19.3 Å². The van der Waals surface area contributed by atoms with E-state index in [4.69, 9.17) is 9.47 Å². The van der Waals surface area contributed by atoms with Crippen LogP contribution in [0.2, 0.25) is 0 Å². The SMILES string of the molecule is COc1ccc2c(c1)N(S(=O)(=O)N1CCCCC1)CCO2. The molecule has 2 heterocycles. The average Bonchev–Trinajstić information content (AvgIpc) is 2.54. The molecule has 1 aromatic rings. The van der Waals surface area contributed by atoms with Gasteiger partial charge in [-0.25, -0.2) is 0 Å². The van der Waals surface area contributed by atoms with Crippen LogP contribution < -0.4 is 13.8 Å². The maximum atomic E-state index is 12.9. The van der Waals surface area contributed by atoms with Crippen molar-refractivity contribution in [1.29, 1.82) is 0 Å². The van der Waals surface area contributed by atoms with Gasteiger partial charge in [0, 0.05) is 19.2 Å². The van der Waals surface area contributed by atoms with Crippen LogP contribution in [0, 0.1) is 0 Å². The van der Waals surface area contributed by atoms with E-state index in [1.807, 2.05) is 0 Å². The largest absolute Gasteiger partial charge is 0.497 e. The molecule has 0 spiro atoms. The average molecular weight is 312 g/mol. The molecule has 2 aliphatic heterocycles. The zero-order chi connectivity index (χ0) is 14.9. The van der Waals surface area contributed by atoms with Gasteiger partial charge in [0.25, 0.3) is 0 Å². The summed E-state index contributed by atoms with van der Waals surface area (Å²) in [5.41, 5.74) is 0.561. The van der Waals surface area contributed by atoms with Crippen molar-refractivity contribution in [2.75, 3.05) is 37.7 Å². The lowest BCUT2D eigenvalue weighted by Crippen LogP contribution is -2.48. The number of hydrogen-bond donors (Lipinski definition) is 0. The lowest BCUT2D eigenvalue weighted by atomic mass is 10.2. The molecule has 116 valence electrons. The summed E-state index contributed by atoms with van der Waals surface area (Å²) in [5, 5.41) is 0. The summed E-state index contributed by atoms with van der Waals surface area (Å²) in [4.78, 5) is 0. The van der Waals surface area contributed by atoms with Crippen LogP contribution in [0.3, 0.4) is 0 Å². The summed E-state index contributed by atoms with van der Waals surface area (Å²) in [5.74, 6) is 1.21. The highest BCUT2D eigenvalue weighted by Gasteiger charge is 2.34. The number of nitrogens with zero attached hydrogens (tertiary/aromatic N) is 2. The number of benzene rings is 1. The van der Waals surface area contributed by atoms with Crippen LogP contribution in [0.1, 0.15) is 19.3 Å². The first-order valence-electron chi connectivity index (χ1n) is 7.21. The van der Waals surface area contributed by atoms with Crippen LogP contribution in [0.5, 0.6) is 11.5 Å². The summed E-state index contributed by atoms with van der Waals surface area (Å²) in [6.45, 7) is 1.89. The summed E-state index contributed by atoms with van der Waals surface area (Å²) in [7, 11) is -1.93. The Morgan fingerprint density at radius 3 is 2.62 bits per heavy atom. The predicted molar refractivity (Wildman–Crippen MR) is 80.2 cm³/mol. The van der Waals surface area contributed by atoms with E-state index in [1.165, 1.54) is 4.31 Å². The Morgan fingerprint density at radius 1 is 1.14 bits per heavy atom. The van der Waals surface area contributed by atoms with Gasteiger partial charge in [0.05, 0.1) is 19.3 Å². The molecule has 7 heteroatoms. The van der Waals surface area contributed by atoms with Crippen molar-refractivity contribution in [3.63, 3.8) is 0 Å². The van der Waals surface area contributed by atoms with Crippen molar-refractivity contribution < 1.29 is 17.9 Å². The quantitative estimate of drug-likeness (QED) is 0.851. The van der Waals surface area contributed by atoms with Crippen molar-refractivity contribution in [3.8, 4) is 11.5 Å². The Bertz CT molecular complexity index is 611. The van der Waals surface area contributed by atoms with Crippen molar-refractivity contribution in [2.45, 2.75) is 19.3 Å². The zero-order valence-electron chi connectivity index (χ0n) is 12.1. The first-order chi connectivity index (χ1) is 10.1. The second-order valence-corrected chi connectivity index (χ2v) is 7.07. The van der Waals surface area contributed by atoms with Gasteiger partial charge >= 0.3 is 10.2 Å². The van der Waals surface area contributed by atoms with E-state index in [2.05, 4.69) is 0 Å². The normalized spacial score (nSPS) is 19.8. The highest BCUT2D eigenvalue weighted by atomic mass is 32.2. The van der Waals surface area contributed by atoms with Crippen molar-refractivity contribution in [3.05, 3.63) is 18.2 Å². The Hall–Kier alpha value is -1.47. The molecule has 1 saturated heterocycles. The minimum absolute atomic E-state index is 0.332. The van der Waals surface area contributed by atoms with Crippen molar-refractivity contribution in [2.24, 2.45) is 0 Å². The zero-order valence-corrected chi connectivity index (χ0v) is 12.9. The summed E-state index contributed by atoms with van der Waals surface area (Å²) >= 11 is 0. The monoisotopic (exact) mass is 312 g/mol. The van der Waals surface area contributed by atoms with Gasteiger partial charge in [0.1, 0.15) is 18.1 Å². The van der Waals surface area contributed by atoms with Gasteiger partial charge in [-0.1, -0.05) is 6.42 Å². The summed E-state index contributed by atoms with van der Waals surface area (Å²) < 4.78 is 39.5. The third kappa shape index (κ3) is 2.67.